The van der Waals surface area contributed by atoms with Gasteiger partial charge < -0.3 is 16.2 Å². The van der Waals surface area contributed by atoms with Crippen LogP contribution in [0.15, 0.2) is 30.3 Å². The number of amides is 1. The number of anilines is 2. The number of nitrogens with two attached hydrogens (primary N) is 1. The van der Waals surface area contributed by atoms with Gasteiger partial charge in [-0.15, -0.1) is 0 Å². The first-order valence-corrected chi connectivity index (χ1v) is 6.37. The molecule has 4 N–H and O–H groups in total. The van der Waals surface area contributed by atoms with E-state index >= 15 is 0 Å². The standard InChI is InChI=1S/C16H18N2O2/c1-9-7-8-14(11(3)15(9)19)18-16(20)12-5-4-6-13(17)10(12)2/h4-8,19H,17H2,1-3H3,(H,18,20). The average molecular weight is 270 g/mol. The summed E-state index contributed by atoms with van der Waals surface area (Å²) in [5, 5.41) is 12.7. The average Bonchev–Trinajstić information content (AvgIpc) is 2.42. The zero-order valence-corrected chi connectivity index (χ0v) is 11.8. The highest BCUT2D eigenvalue weighted by Crippen LogP contribution is 2.28. The number of carbonyl (C=O) groups excluding carboxylic acids is 1. The molecule has 2 rings (SSSR count). The van der Waals surface area contributed by atoms with Crippen molar-refractivity contribution in [1.29, 1.82) is 0 Å². The molecule has 0 saturated heterocycles. The number of hydrogen-bond donors (Lipinski definition) is 3. The molecule has 0 unspecified atom stereocenters. The minimum absolute atomic E-state index is 0.201. The molecule has 0 bridgehead atoms. The molecule has 0 aliphatic heterocycles. The highest BCUT2D eigenvalue weighted by Gasteiger charge is 2.13. The summed E-state index contributed by atoms with van der Waals surface area (Å²) in [5.41, 5.74) is 9.70. The zero-order chi connectivity index (χ0) is 14.9. The lowest BCUT2D eigenvalue weighted by atomic mass is 10.1. The van der Waals surface area contributed by atoms with E-state index in [4.69, 9.17) is 5.73 Å². The second-order valence-corrected chi connectivity index (χ2v) is 4.88. The fraction of sp³-hybridized carbons (Fsp3) is 0.188. The quantitative estimate of drug-likeness (QED) is 0.734. The number of hydrogen-bond acceptors (Lipinski definition) is 3. The Morgan fingerprint density at radius 2 is 1.80 bits per heavy atom. The van der Waals surface area contributed by atoms with Crippen molar-refractivity contribution in [2.75, 3.05) is 11.1 Å². The second kappa shape index (κ2) is 5.25. The van der Waals surface area contributed by atoms with E-state index in [0.717, 1.165) is 11.1 Å². The Morgan fingerprint density at radius 1 is 1.10 bits per heavy atom. The van der Waals surface area contributed by atoms with Crippen LogP contribution < -0.4 is 11.1 Å². The molecule has 104 valence electrons. The van der Waals surface area contributed by atoms with E-state index in [1.807, 2.05) is 13.8 Å². The minimum Gasteiger partial charge on any atom is -0.507 e. The van der Waals surface area contributed by atoms with Gasteiger partial charge in [-0.1, -0.05) is 12.1 Å². The Bertz CT molecular complexity index is 678. The summed E-state index contributed by atoms with van der Waals surface area (Å²) in [4.78, 5) is 12.3. The van der Waals surface area contributed by atoms with Crippen LogP contribution in [0.3, 0.4) is 0 Å². The molecule has 4 nitrogen and oxygen atoms in total. The van der Waals surface area contributed by atoms with Crippen molar-refractivity contribution in [3.05, 3.63) is 52.6 Å². The van der Waals surface area contributed by atoms with E-state index in [1.54, 1.807) is 37.3 Å². The summed E-state index contributed by atoms with van der Waals surface area (Å²) >= 11 is 0. The van der Waals surface area contributed by atoms with Crippen LogP contribution >= 0.6 is 0 Å². The van der Waals surface area contributed by atoms with Crippen molar-refractivity contribution in [1.82, 2.24) is 0 Å². The van der Waals surface area contributed by atoms with Gasteiger partial charge >= 0.3 is 0 Å². The van der Waals surface area contributed by atoms with Crippen molar-refractivity contribution < 1.29 is 9.90 Å². The van der Waals surface area contributed by atoms with Gasteiger partial charge in [-0.05, 0) is 50.1 Å². The van der Waals surface area contributed by atoms with Crippen molar-refractivity contribution in [2.24, 2.45) is 0 Å². The first kappa shape index (κ1) is 13.9. The third-order valence-electron chi connectivity index (χ3n) is 3.50. The van der Waals surface area contributed by atoms with Crippen molar-refractivity contribution >= 4 is 17.3 Å². The number of phenolic OH excluding ortho intramolecular Hbond substituents is 1. The van der Waals surface area contributed by atoms with Crippen LogP contribution in [0.5, 0.6) is 5.75 Å². The lowest BCUT2D eigenvalue weighted by Gasteiger charge is -2.13. The molecule has 0 aromatic heterocycles. The van der Waals surface area contributed by atoms with Crippen LogP contribution in [-0.2, 0) is 0 Å². The van der Waals surface area contributed by atoms with Crippen LogP contribution in [0, 0.1) is 20.8 Å². The van der Waals surface area contributed by atoms with Gasteiger partial charge in [0.2, 0.25) is 0 Å². The van der Waals surface area contributed by atoms with E-state index in [9.17, 15) is 9.90 Å². The molecule has 0 aliphatic carbocycles. The summed E-state index contributed by atoms with van der Waals surface area (Å²) in [7, 11) is 0. The summed E-state index contributed by atoms with van der Waals surface area (Å²) in [6.07, 6.45) is 0. The van der Waals surface area contributed by atoms with E-state index in [2.05, 4.69) is 5.32 Å². The number of phenols is 1. The smallest absolute Gasteiger partial charge is 0.256 e. The molecule has 4 heteroatoms. The van der Waals surface area contributed by atoms with Crippen LogP contribution in [0.2, 0.25) is 0 Å². The number of aromatic hydroxyl groups is 1. The Balaban J connectivity index is 2.33. The highest BCUT2D eigenvalue weighted by molar-refractivity contribution is 6.06. The van der Waals surface area contributed by atoms with Gasteiger partial charge in [0.05, 0.1) is 0 Å². The van der Waals surface area contributed by atoms with Gasteiger partial charge in [0.1, 0.15) is 5.75 Å². The molecule has 20 heavy (non-hydrogen) atoms. The third kappa shape index (κ3) is 2.45. The van der Waals surface area contributed by atoms with Crippen molar-refractivity contribution in [2.45, 2.75) is 20.8 Å². The number of nitrogen functional groups attached to an aromatic ring is 1. The van der Waals surface area contributed by atoms with Crippen molar-refractivity contribution in [3.8, 4) is 5.75 Å². The molecular weight excluding hydrogens is 252 g/mol. The first-order chi connectivity index (χ1) is 9.41. The first-order valence-electron chi connectivity index (χ1n) is 6.37. The van der Waals surface area contributed by atoms with Gasteiger partial charge in [-0.2, -0.15) is 0 Å². The maximum Gasteiger partial charge on any atom is 0.256 e. The molecule has 0 atom stereocenters. The number of carbonyl (C=O) groups is 1. The molecular formula is C16H18N2O2. The topological polar surface area (TPSA) is 75.4 Å². The molecule has 0 aliphatic rings. The normalized spacial score (nSPS) is 10.3. The number of rotatable bonds is 2. The van der Waals surface area contributed by atoms with Crippen molar-refractivity contribution in [3.63, 3.8) is 0 Å². The maximum absolute atomic E-state index is 12.3. The van der Waals surface area contributed by atoms with E-state index < -0.39 is 0 Å². The van der Waals surface area contributed by atoms with Gasteiger partial charge in [0, 0.05) is 22.5 Å². The molecule has 0 fully saturated rings. The Kier molecular flexibility index (Phi) is 3.66. The lowest BCUT2D eigenvalue weighted by molar-refractivity contribution is 0.102. The van der Waals surface area contributed by atoms with E-state index in [-0.39, 0.29) is 11.7 Å². The molecule has 0 radical (unpaired) electrons. The highest BCUT2D eigenvalue weighted by atomic mass is 16.3. The Labute approximate surface area is 118 Å². The lowest BCUT2D eigenvalue weighted by Crippen LogP contribution is -2.15. The maximum atomic E-state index is 12.3. The van der Waals surface area contributed by atoms with Crippen LogP contribution in [-0.4, -0.2) is 11.0 Å². The summed E-state index contributed by atoms with van der Waals surface area (Å²) in [6, 6.07) is 8.78. The SMILES string of the molecule is Cc1ccc(NC(=O)c2cccc(N)c2C)c(C)c1O. The minimum atomic E-state index is -0.235. The third-order valence-corrected chi connectivity index (χ3v) is 3.50. The molecule has 2 aromatic rings. The molecule has 2 aromatic carbocycles. The largest absolute Gasteiger partial charge is 0.507 e. The van der Waals surface area contributed by atoms with Crippen LogP contribution in [0.25, 0.3) is 0 Å². The van der Waals surface area contributed by atoms with Gasteiger partial charge in [-0.3, -0.25) is 4.79 Å². The van der Waals surface area contributed by atoms with E-state index in [0.29, 0.717) is 22.5 Å². The number of benzene rings is 2. The molecule has 0 heterocycles. The molecule has 0 saturated carbocycles. The predicted molar refractivity (Wildman–Crippen MR) is 81.1 cm³/mol. The zero-order valence-electron chi connectivity index (χ0n) is 11.8. The monoisotopic (exact) mass is 270 g/mol. The summed E-state index contributed by atoms with van der Waals surface area (Å²) in [5.74, 6) is -0.0340. The van der Waals surface area contributed by atoms with Crippen LogP contribution in [0.4, 0.5) is 11.4 Å². The van der Waals surface area contributed by atoms with Gasteiger partial charge in [0.25, 0.3) is 5.91 Å². The van der Waals surface area contributed by atoms with E-state index in [1.165, 1.54) is 0 Å². The van der Waals surface area contributed by atoms with Gasteiger partial charge in [-0.25, -0.2) is 0 Å². The fourth-order valence-electron chi connectivity index (χ4n) is 2.06. The fourth-order valence-corrected chi connectivity index (χ4v) is 2.06. The molecule has 1 amide bonds. The predicted octanol–water partition coefficient (Wildman–Crippen LogP) is 3.15. The molecule has 0 spiro atoms. The Hall–Kier alpha value is -2.49. The second-order valence-electron chi connectivity index (χ2n) is 4.88. The number of aryl methyl sites for hydroxylation is 1. The number of nitrogens with one attached hydrogen (secondary N) is 1. The Morgan fingerprint density at radius 3 is 2.50 bits per heavy atom. The van der Waals surface area contributed by atoms with Gasteiger partial charge in [0.15, 0.2) is 0 Å². The summed E-state index contributed by atoms with van der Waals surface area (Å²) < 4.78 is 0. The summed E-state index contributed by atoms with van der Waals surface area (Å²) in [6.45, 7) is 5.39. The van der Waals surface area contributed by atoms with Crippen LogP contribution in [0.1, 0.15) is 27.0 Å².